The number of hydrogen-bond donors (Lipinski definition) is 2. The first-order chi connectivity index (χ1) is 7.85. The Kier molecular flexibility index (Phi) is 8.90. The molecule has 3 nitrogen and oxygen atoms in total. The molecule has 2 aliphatic rings. The quantitative estimate of drug-likeness (QED) is 0.757. The summed E-state index contributed by atoms with van der Waals surface area (Å²) < 4.78 is 0. The lowest BCUT2D eigenvalue weighted by Crippen LogP contribution is -2.58. The summed E-state index contributed by atoms with van der Waals surface area (Å²) in [5, 5.41) is 3.38. The number of nitrogens with zero attached hydrogens (tertiary/aromatic N) is 1. The van der Waals surface area contributed by atoms with Crippen LogP contribution in [0.4, 0.5) is 0 Å². The maximum absolute atomic E-state index is 5.52. The largest absolute Gasteiger partial charge is 0.329 e. The molecule has 0 aromatic heterocycles. The molecule has 2 fully saturated rings. The van der Waals surface area contributed by atoms with Crippen LogP contribution in [0.15, 0.2) is 0 Å². The van der Waals surface area contributed by atoms with Crippen molar-refractivity contribution < 1.29 is 0 Å². The summed E-state index contributed by atoms with van der Waals surface area (Å²) in [6.45, 7) is 14.9. The fourth-order valence-electron chi connectivity index (χ4n) is 2.27. The van der Waals surface area contributed by atoms with E-state index in [1.807, 2.05) is 27.7 Å². The van der Waals surface area contributed by atoms with E-state index in [4.69, 9.17) is 5.73 Å². The second kappa shape index (κ2) is 8.97. The summed E-state index contributed by atoms with van der Waals surface area (Å²) in [6, 6.07) is 0. The van der Waals surface area contributed by atoms with Gasteiger partial charge in [0.15, 0.2) is 0 Å². The van der Waals surface area contributed by atoms with Crippen molar-refractivity contribution in [3.8, 4) is 0 Å². The average molecular weight is 229 g/mol. The van der Waals surface area contributed by atoms with Crippen LogP contribution in [0.5, 0.6) is 0 Å². The second-order valence-corrected chi connectivity index (χ2v) is 4.23. The number of nitrogens with one attached hydrogen (secondary N) is 1. The molecule has 3 heteroatoms. The van der Waals surface area contributed by atoms with Gasteiger partial charge in [-0.3, -0.25) is 0 Å². The minimum Gasteiger partial charge on any atom is -0.329 e. The molecule has 16 heavy (non-hydrogen) atoms. The van der Waals surface area contributed by atoms with Crippen molar-refractivity contribution in [2.75, 3.05) is 39.3 Å². The lowest BCUT2D eigenvalue weighted by Gasteiger charge is -2.48. The van der Waals surface area contributed by atoms with Crippen molar-refractivity contribution >= 4 is 0 Å². The zero-order valence-corrected chi connectivity index (χ0v) is 11.7. The molecular weight excluding hydrogens is 198 g/mol. The Hall–Kier alpha value is -0.120. The van der Waals surface area contributed by atoms with Crippen LogP contribution >= 0.6 is 0 Å². The second-order valence-electron chi connectivity index (χ2n) is 4.23. The van der Waals surface area contributed by atoms with Crippen molar-refractivity contribution in [2.24, 2.45) is 11.1 Å². The van der Waals surface area contributed by atoms with E-state index in [2.05, 4.69) is 10.2 Å². The molecule has 1 spiro atoms. The van der Waals surface area contributed by atoms with E-state index < -0.39 is 0 Å². The van der Waals surface area contributed by atoms with Crippen LogP contribution in [-0.2, 0) is 0 Å². The lowest BCUT2D eigenvalue weighted by atomic mass is 9.73. The Balaban J connectivity index is 0.000000509. The van der Waals surface area contributed by atoms with E-state index in [0.29, 0.717) is 5.41 Å². The predicted molar refractivity (Wildman–Crippen MR) is 72.7 cm³/mol. The molecule has 98 valence electrons. The maximum Gasteiger partial charge on any atom is 0.0105 e. The fourth-order valence-corrected chi connectivity index (χ4v) is 2.27. The van der Waals surface area contributed by atoms with Gasteiger partial charge in [-0.15, -0.1) is 0 Å². The van der Waals surface area contributed by atoms with Gasteiger partial charge >= 0.3 is 0 Å². The Labute approximate surface area is 102 Å². The predicted octanol–water partition coefficient (Wildman–Crippen LogP) is 1.68. The molecule has 0 aromatic carbocycles. The molecule has 0 aliphatic carbocycles. The molecule has 0 saturated carbocycles. The van der Waals surface area contributed by atoms with Crippen LogP contribution in [-0.4, -0.2) is 44.2 Å². The third-order valence-electron chi connectivity index (χ3n) is 3.36. The normalized spacial score (nSPS) is 22.3. The third kappa shape index (κ3) is 4.40. The number of likely N-dealkylation sites (tertiary alicyclic amines) is 1. The summed E-state index contributed by atoms with van der Waals surface area (Å²) in [5.74, 6) is 0. The molecule has 0 atom stereocenters. The molecule has 2 aliphatic heterocycles. The van der Waals surface area contributed by atoms with Crippen LogP contribution in [0.25, 0.3) is 0 Å². The van der Waals surface area contributed by atoms with E-state index in [9.17, 15) is 0 Å². The van der Waals surface area contributed by atoms with E-state index in [0.717, 1.165) is 13.1 Å². The molecule has 3 N–H and O–H groups in total. The van der Waals surface area contributed by atoms with Gasteiger partial charge in [0.25, 0.3) is 0 Å². The van der Waals surface area contributed by atoms with Gasteiger partial charge in [-0.25, -0.2) is 0 Å². The van der Waals surface area contributed by atoms with Crippen LogP contribution < -0.4 is 11.1 Å². The van der Waals surface area contributed by atoms with Gasteiger partial charge in [-0.2, -0.15) is 0 Å². The molecular formula is C13H31N3. The summed E-state index contributed by atoms with van der Waals surface area (Å²) in [6.07, 6.45) is 2.75. The topological polar surface area (TPSA) is 41.3 Å². The summed E-state index contributed by atoms with van der Waals surface area (Å²) in [4.78, 5) is 2.49. The number of hydrogen-bond acceptors (Lipinski definition) is 3. The summed E-state index contributed by atoms with van der Waals surface area (Å²) in [5.41, 5.74) is 6.21. The van der Waals surface area contributed by atoms with Gasteiger partial charge in [-0.05, 0) is 31.3 Å². The maximum atomic E-state index is 5.52. The Morgan fingerprint density at radius 3 is 1.88 bits per heavy atom. The van der Waals surface area contributed by atoms with Gasteiger partial charge < -0.3 is 16.0 Å². The van der Waals surface area contributed by atoms with Crippen molar-refractivity contribution in [3.05, 3.63) is 0 Å². The minimum absolute atomic E-state index is 0.686. The molecule has 2 saturated heterocycles. The van der Waals surface area contributed by atoms with Crippen molar-refractivity contribution in [1.29, 1.82) is 0 Å². The van der Waals surface area contributed by atoms with Crippen molar-refractivity contribution in [1.82, 2.24) is 10.2 Å². The number of piperidine rings is 1. The first-order valence-electron chi connectivity index (χ1n) is 6.98. The van der Waals surface area contributed by atoms with E-state index >= 15 is 0 Å². The first-order valence-corrected chi connectivity index (χ1v) is 6.98. The Bertz CT molecular complexity index is 145. The van der Waals surface area contributed by atoms with E-state index in [-0.39, 0.29) is 0 Å². The smallest absolute Gasteiger partial charge is 0.0105 e. The SMILES string of the molecule is CC.CC.NCCN1CCC2(CC1)CNC2. The van der Waals surface area contributed by atoms with Crippen LogP contribution in [0.2, 0.25) is 0 Å². The highest BCUT2D eigenvalue weighted by molar-refractivity contribution is 4.95. The van der Waals surface area contributed by atoms with Gasteiger partial charge in [0.2, 0.25) is 0 Å². The molecule has 0 amide bonds. The van der Waals surface area contributed by atoms with Gasteiger partial charge in [-0.1, -0.05) is 27.7 Å². The molecule has 0 radical (unpaired) electrons. The standard InChI is InChI=1S/C9H19N3.2C2H6/c10-3-6-12-4-1-9(2-5-12)7-11-8-9;2*1-2/h11H,1-8,10H2;2*1-2H3. The first kappa shape index (κ1) is 15.9. The summed E-state index contributed by atoms with van der Waals surface area (Å²) >= 11 is 0. The van der Waals surface area contributed by atoms with Gasteiger partial charge in [0, 0.05) is 26.2 Å². The van der Waals surface area contributed by atoms with Crippen molar-refractivity contribution in [3.63, 3.8) is 0 Å². The highest BCUT2D eigenvalue weighted by atomic mass is 15.1. The average Bonchev–Trinajstić information content (AvgIpc) is 2.34. The van der Waals surface area contributed by atoms with Crippen molar-refractivity contribution in [2.45, 2.75) is 40.5 Å². The Morgan fingerprint density at radius 1 is 1.06 bits per heavy atom. The molecule has 0 aromatic rings. The molecule has 2 rings (SSSR count). The van der Waals surface area contributed by atoms with E-state index in [1.165, 1.54) is 39.0 Å². The van der Waals surface area contributed by atoms with Crippen LogP contribution in [0, 0.1) is 5.41 Å². The van der Waals surface area contributed by atoms with Crippen LogP contribution in [0.3, 0.4) is 0 Å². The minimum atomic E-state index is 0.686. The lowest BCUT2D eigenvalue weighted by molar-refractivity contribution is 0.0569. The number of rotatable bonds is 2. The Morgan fingerprint density at radius 2 is 1.56 bits per heavy atom. The fraction of sp³-hybridized carbons (Fsp3) is 1.00. The highest BCUT2D eigenvalue weighted by Gasteiger charge is 2.39. The number of nitrogens with two attached hydrogens (primary N) is 1. The van der Waals surface area contributed by atoms with Gasteiger partial charge in [0.1, 0.15) is 0 Å². The summed E-state index contributed by atoms with van der Waals surface area (Å²) in [7, 11) is 0. The highest BCUT2D eigenvalue weighted by Crippen LogP contribution is 2.34. The monoisotopic (exact) mass is 229 g/mol. The third-order valence-corrected chi connectivity index (χ3v) is 3.36. The molecule has 2 heterocycles. The zero-order chi connectivity index (χ0) is 12.4. The van der Waals surface area contributed by atoms with Crippen LogP contribution in [0.1, 0.15) is 40.5 Å². The molecule has 0 bridgehead atoms. The molecule has 0 unspecified atom stereocenters. The zero-order valence-electron chi connectivity index (χ0n) is 11.7. The van der Waals surface area contributed by atoms with E-state index in [1.54, 1.807) is 0 Å². The van der Waals surface area contributed by atoms with Gasteiger partial charge in [0.05, 0.1) is 0 Å².